The number of carbonyl (C=O) groups excluding carboxylic acids is 1. The van der Waals surface area contributed by atoms with Gasteiger partial charge in [-0.15, -0.1) is 0 Å². The number of hydrogen-bond acceptors (Lipinski definition) is 4. The molecule has 1 saturated heterocycles. The van der Waals surface area contributed by atoms with Crippen molar-refractivity contribution < 1.29 is 13.6 Å². The normalized spacial score (nSPS) is 20.5. The summed E-state index contributed by atoms with van der Waals surface area (Å²) in [6, 6.07) is 5.05. The molecule has 1 amide bonds. The third kappa shape index (κ3) is 2.94. The number of aromatic nitrogens is 5. The van der Waals surface area contributed by atoms with E-state index in [9.17, 15) is 18.4 Å². The first-order valence-corrected chi connectivity index (χ1v) is 9.76. The zero-order chi connectivity index (χ0) is 21.0. The molecular weight excluding hydrogens is 394 g/mol. The first-order chi connectivity index (χ1) is 14.4. The molecule has 30 heavy (non-hydrogen) atoms. The average molecular weight is 414 g/mol. The summed E-state index contributed by atoms with van der Waals surface area (Å²) in [5, 5.41) is 3.70. The fraction of sp³-hybridized carbons (Fsp3) is 0.400. The molecule has 8 nitrogen and oxygen atoms in total. The number of carbonyl (C=O) groups is 1. The van der Waals surface area contributed by atoms with Crippen LogP contribution in [0.1, 0.15) is 35.1 Å². The van der Waals surface area contributed by atoms with Crippen molar-refractivity contribution in [3.63, 3.8) is 0 Å². The Labute approximate surface area is 170 Å². The number of imidazole rings is 1. The van der Waals surface area contributed by atoms with E-state index in [0.717, 1.165) is 18.3 Å². The van der Waals surface area contributed by atoms with Crippen LogP contribution in [0.15, 0.2) is 41.6 Å². The maximum atomic E-state index is 13.1. The second-order valence-corrected chi connectivity index (χ2v) is 7.92. The topological polar surface area (TPSA) is 78.0 Å². The van der Waals surface area contributed by atoms with Crippen LogP contribution in [0.5, 0.6) is 0 Å². The maximum Gasteiger partial charge on any atom is 0.333 e. The molecule has 5 heterocycles. The minimum absolute atomic E-state index is 0.0118. The van der Waals surface area contributed by atoms with Crippen LogP contribution in [0.2, 0.25) is 0 Å². The van der Waals surface area contributed by atoms with E-state index in [2.05, 4.69) is 10.1 Å². The van der Waals surface area contributed by atoms with Crippen molar-refractivity contribution in [3.05, 3.63) is 58.5 Å². The van der Waals surface area contributed by atoms with Gasteiger partial charge in [0.25, 0.3) is 11.5 Å². The number of hydrogen-bond donors (Lipinski definition) is 0. The summed E-state index contributed by atoms with van der Waals surface area (Å²) in [6.45, 7) is -1.37. The largest absolute Gasteiger partial charge is 0.336 e. The minimum atomic E-state index is -2.78. The Morgan fingerprint density at radius 3 is 2.70 bits per heavy atom. The van der Waals surface area contributed by atoms with Crippen LogP contribution in [-0.2, 0) is 13.6 Å². The molecular formula is C20H20F2N6O2. The molecule has 0 N–H and O–H groups in total. The number of alkyl halides is 2. The molecule has 2 aliphatic heterocycles. The smallest absolute Gasteiger partial charge is 0.333 e. The van der Waals surface area contributed by atoms with E-state index < -0.39 is 6.55 Å². The highest BCUT2D eigenvalue weighted by Gasteiger charge is 2.37. The number of rotatable bonds is 3. The number of halogens is 2. The third-order valence-electron chi connectivity index (χ3n) is 5.98. The number of pyridine rings is 1. The highest BCUT2D eigenvalue weighted by atomic mass is 19.3. The lowest BCUT2D eigenvalue weighted by atomic mass is 9.83. The molecule has 0 unspecified atom stereocenters. The quantitative estimate of drug-likeness (QED) is 0.658. The van der Waals surface area contributed by atoms with Crippen LogP contribution in [0.4, 0.5) is 8.78 Å². The highest BCUT2D eigenvalue weighted by molar-refractivity contribution is 5.92. The molecule has 0 aromatic carbocycles. The molecule has 0 aliphatic carbocycles. The second kappa shape index (κ2) is 6.89. The summed E-state index contributed by atoms with van der Waals surface area (Å²) in [5.74, 6) is 0.399. The SMILES string of the molecule is Cn1ccnc1-c1ccc2n(c1=O)C[C@H]1C[C@@H]2CN(C(=O)c2ccn(C(F)F)n2)C1. The number of piperidine rings is 1. The molecule has 0 spiro atoms. The Balaban J connectivity index is 1.44. The Bertz CT molecular complexity index is 1180. The van der Waals surface area contributed by atoms with Crippen LogP contribution < -0.4 is 5.56 Å². The standard InChI is InChI=1S/C20H20F2N6O2/c1-25-7-5-23-17(25)14-2-3-16-13-8-12(10-27(16)18(14)29)9-26(11-13)19(30)15-4-6-28(24-15)20(21)22/h2-7,12-13,20H,8-11H2,1H3/t12-,13+/m0/s1. The first-order valence-electron chi connectivity index (χ1n) is 9.76. The number of likely N-dealkylation sites (tertiary alicyclic amines) is 1. The monoisotopic (exact) mass is 414 g/mol. The van der Waals surface area contributed by atoms with E-state index in [1.54, 1.807) is 27.9 Å². The van der Waals surface area contributed by atoms with Crippen molar-refractivity contribution in [2.45, 2.75) is 25.4 Å². The summed E-state index contributed by atoms with van der Waals surface area (Å²) >= 11 is 0. The van der Waals surface area contributed by atoms with Gasteiger partial charge in [-0.25, -0.2) is 9.67 Å². The van der Waals surface area contributed by atoms with E-state index in [4.69, 9.17) is 0 Å². The molecule has 3 aromatic rings. The summed E-state index contributed by atoms with van der Waals surface area (Å²) in [6.07, 6.45) is 5.45. The number of nitrogens with zero attached hydrogens (tertiary/aromatic N) is 6. The molecule has 3 aromatic heterocycles. The van der Waals surface area contributed by atoms with E-state index in [1.807, 2.05) is 17.7 Å². The van der Waals surface area contributed by atoms with Crippen LogP contribution >= 0.6 is 0 Å². The van der Waals surface area contributed by atoms with Crippen LogP contribution in [0.25, 0.3) is 11.4 Å². The van der Waals surface area contributed by atoms with Gasteiger partial charge in [0.1, 0.15) is 5.82 Å². The molecule has 2 bridgehead atoms. The molecule has 1 fully saturated rings. The van der Waals surface area contributed by atoms with Crippen LogP contribution in [0, 0.1) is 5.92 Å². The zero-order valence-corrected chi connectivity index (χ0v) is 16.3. The minimum Gasteiger partial charge on any atom is -0.336 e. The van der Waals surface area contributed by atoms with Gasteiger partial charge in [-0.3, -0.25) is 9.59 Å². The van der Waals surface area contributed by atoms with Gasteiger partial charge in [0, 0.05) is 56.9 Å². The van der Waals surface area contributed by atoms with E-state index in [0.29, 0.717) is 35.7 Å². The molecule has 10 heteroatoms. The Kier molecular flexibility index (Phi) is 4.30. The van der Waals surface area contributed by atoms with Crippen molar-refractivity contribution in [1.29, 1.82) is 0 Å². The van der Waals surface area contributed by atoms with Crippen molar-refractivity contribution in [2.24, 2.45) is 13.0 Å². The first kappa shape index (κ1) is 18.7. The molecule has 156 valence electrons. The van der Waals surface area contributed by atoms with Crippen molar-refractivity contribution in [3.8, 4) is 11.4 Å². The highest BCUT2D eigenvalue weighted by Crippen LogP contribution is 2.36. The fourth-order valence-corrected chi connectivity index (χ4v) is 4.63. The lowest BCUT2D eigenvalue weighted by molar-refractivity contribution is 0.0522. The van der Waals surface area contributed by atoms with E-state index >= 15 is 0 Å². The predicted molar refractivity (Wildman–Crippen MR) is 103 cm³/mol. The van der Waals surface area contributed by atoms with Gasteiger partial charge in [-0.2, -0.15) is 13.9 Å². The molecule has 2 aliphatic rings. The van der Waals surface area contributed by atoms with Gasteiger partial charge in [-0.1, -0.05) is 0 Å². The lowest BCUT2D eigenvalue weighted by Gasteiger charge is -2.42. The molecule has 2 atom stereocenters. The van der Waals surface area contributed by atoms with Gasteiger partial charge in [0.05, 0.1) is 5.56 Å². The summed E-state index contributed by atoms with van der Waals surface area (Å²) < 4.78 is 29.6. The van der Waals surface area contributed by atoms with Gasteiger partial charge >= 0.3 is 6.55 Å². The molecule has 0 saturated carbocycles. The van der Waals surface area contributed by atoms with Crippen molar-refractivity contribution in [2.75, 3.05) is 13.1 Å². The summed E-state index contributed by atoms with van der Waals surface area (Å²) in [4.78, 5) is 31.9. The van der Waals surface area contributed by atoms with Gasteiger partial charge in [-0.05, 0) is 30.5 Å². The van der Waals surface area contributed by atoms with Crippen molar-refractivity contribution >= 4 is 5.91 Å². The zero-order valence-electron chi connectivity index (χ0n) is 16.3. The predicted octanol–water partition coefficient (Wildman–Crippen LogP) is 2.10. The maximum absolute atomic E-state index is 13.1. The van der Waals surface area contributed by atoms with Crippen molar-refractivity contribution in [1.82, 2.24) is 28.8 Å². The Morgan fingerprint density at radius 1 is 1.17 bits per heavy atom. The van der Waals surface area contributed by atoms with Gasteiger partial charge in [0.2, 0.25) is 0 Å². The second-order valence-electron chi connectivity index (χ2n) is 7.92. The molecule has 0 radical (unpaired) electrons. The van der Waals surface area contributed by atoms with Gasteiger partial charge < -0.3 is 14.0 Å². The summed E-state index contributed by atoms with van der Waals surface area (Å²) in [5.41, 5.74) is 1.38. The number of fused-ring (bicyclic) bond motifs is 4. The van der Waals surface area contributed by atoms with Crippen LogP contribution in [-0.4, -0.2) is 47.8 Å². The third-order valence-corrected chi connectivity index (χ3v) is 5.98. The van der Waals surface area contributed by atoms with Crippen LogP contribution in [0.3, 0.4) is 0 Å². The number of aryl methyl sites for hydroxylation is 1. The average Bonchev–Trinajstić information content (AvgIpc) is 3.38. The Morgan fingerprint density at radius 2 is 2.00 bits per heavy atom. The lowest BCUT2D eigenvalue weighted by Crippen LogP contribution is -2.49. The number of amides is 1. The molecule has 5 rings (SSSR count). The van der Waals surface area contributed by atoms with E-state index in [-0.39, 0.29) is 29.0 Å². The van der Waals surface area contributed by atoms with Gasteiger partial charge in [0.15, 0.2) is 5.69 Å². The van der Waals surface area contributed by atoms with E-state index in [1.165, 1.54) is 6.07 Å². The Hall–Kier alpha value is -3.30. The fourth-order valence-electron chi connectivity index (χ4n) is 4.63. The summed E-state index contributed by atoms with van der Waals surface area (Å²) in [7, 11) is 1.85.